The summed E-state index contributed by atoms with van der Waals surface area (Å²) >= 11 is 1.65. The van der Waals surface area contributed by atoms with Gasteiger partial charge in [-0.1, -0.05) is 12.1 Å². The fourth-order valence-corrected chi connectivity index (χ4v) is 3.86. The number of hydrogen-bond acceptors (Lipinski definition) is 3. The Morgan fingerprint density at radius 1 is 1.25 bits per heavy atom. The van der Waals surface area contributed by atoms with Crippen LogP contribution < -0.4 is 5.32 Å². The molecule has 3 rings (SSSR count). The third-order valence-electron chi connectivity index (χ3n) is 4.23. The minimum absolute atomic E-state index is 0. The second-order valence-corrected chi connectivity index (χ2v) is 6.14. The third-order valence-corrected chi connectivity index (χ3v) is 5.02. The minimum Gasteiger partial charge on any atom is -0.331 e. The molecule has 2 aliphatic heterocycles. The van der Waals surface area contributed by atoms with Gasteiger partial charge in [0.2, 0.25) is 0 Å². The molecular weight excluding hydrogens is 292 g/mol. The van der Waals surface area contributed by atoms with E-state index in [2.05, 4.69) is 10.2 Å². The number of benzene rings is 1. The van der Waals surface area contributed by atoms with Gasteiger partial charge in [0.15, 0.2) is 0 Å². The number of carbonyl (C=O) groups excluding carboxylic acids is 1. The number of thioether (sulfide) groups is 1. The van der Waals surface area contributed by atoms with Crippen LogP contribution in [0.4, 0.5) is 0 Å². The summed E-state index contributed by atoms with van der Waals surface area (Å²) < 4.78 is 0. The lowest BCUT2D eigenvalue weighted by Gasteiger charge is -2.28. The number of amides is 1. The molecule has 2 fully saturated rings. The molecule has 1 amide bonds. The van der Waals surface area contributed by atoms with Crippen LogP contribution in [0.1, 0.15) is 29.6 Å². The average molecular weight is 313 g/mol. The predicted octanol–water partition coefficient (Wildman–Crippen LogP) is 2.80. The van der Waals surface area contributed by atoms with Crippen molar-refractivity contribution in [3.8, 4) is 0 Å². The van der Waals surface area contributed by atoms with Crippen LogP contribution >= 0.6 is 24.2 Å². The monoisotopic (exact) mass is 312 g/mol. The number of carbonyl (C=O) groups is 1. The molecule has 2 heterocycles. The first kappa shape index (κ1) is 15.7. The molecule has 110 valence electrons. The van der Waals surface area contributed by atoms with Crippen molar-refractivity contribution >= 4 is 30.1 Å². The summed E-state index contributed by atoms with van der Waals surface area (Å²) in [4.78, 5) is 16.1. The first-order valence-electron chi connectivity index (χ1n) is 6.97. The molecule has 2 atom stereocenters. The summed E-state index contributed by atoms with van der Waals surface area (Å²) in [7, 11) is 0. The Hall–Kier alpha value is -0.710. The van der Waals surface area contributed by atoms with Gasteiger partial charge in [-0.25, -0.2) is 0 Å². The molecule has 0 aliphatic carbocycles. The summed E-state index contributed by atoms with van der Waals surface area (Å²) in [5.41, 5.74) is 0.869. The molecule has 1 aromatic carbocycles. The number of fused-ring (bicyclic) bond motifs is 2. The summed E-state index contributed by atoms with van der Waals surface area (Å²) in [6.07, 6.45) is 5.43. The van der Waals surface area contributed by atoms with Crippen LogP contribution in [0, 0.1) is 0 Å². The number of rotatable bonds is 2. The average Bonchev–Trinajstić information content (AvgIpc) is 2.71. The highest BCUT2D eigenvalue weighted by molar-refractivity contribution is 7.98. The molecule has 2 aliphatic rings. The zero-order valence-electron chi connectivity index (χ0n) is 11.7. The molecule has 3 nitrogen and oxygen atoms in total. The molecule has 2 bridgehead atoms. The van der Waals surface area contributed by atoms with E-state index in [9.17, 15) is 4.79 Å². The lowest BCUT2D eigenvalue weighted by atomic mass is 10.1. The van der Waals surface area contributed by atoms with Crippen molar-refractivity contribution in [3.63, 3.8) is 0 Å². The van der Waals surface area contributed by atoms with Gasteiger partial charge in [-0.3, -0.25) is 4.79 Å². The van der Waals surface area contributed by atoms with Gasteiger partial charge in [-0.15, -0.1) is 24.2 Å². The van der Waals surface area contributed by atoms with Crippen LogP contribution in [-0.2, 0) is 0 Å². The smallest absolute Gasteiger partial charge is 0.255 e. The SMILES string of the molecule is CSc1ccccc1C(=O)N1C2CCNCC1CC2.Cl. The van der Waals surface area contributed by atoms with Crippen LogP contribution in [0.25, 0.3) is 0 Å². The lowest BCUT2D eigenvalue weighted by molar-refractivity contribution is 0.0676. The molecule has 0 saturated carbocycles. The van der Waals surface area contributed by atoms with E-state index in [1.165, 1.54) is 6.42 Å². The highest BCUT2D eigenvalue weighted by Crippen LogP contribution is 2.31. The second kappa shape index (κ2) is 6.83. The quantitative estimate of drug-likeness (QED) is 0.852. The maximum absolute atomic E-state index is 12.9. The van der Waals surface area contributed by atoms with Crippen molar-refractivity contribution in [2.24, 2.45) is 0 Å². The number of nitrogens with zero attached hydrogens (tertiary/aromatic N) is 1. The van der Waals surface area contributed by atoms with Gasteiger partial charge in [0.25, 0.3) is 5.91 Å². The number of hydrogen-bond donors (Lipinski definition) is 1. The fourth-order valence-electron chi connectivity index (χ4n) is 3.27. The van der Waals surface area contributed by atoms with Crippen molar-refractivity contribution in [2.75, 3.05) is 19.3 Å². The molecule has 1 aromatic rings. The number of halogens is 1. The Morgan fingerprint density at radius 3 is 2.80 bits per heavy atom. The van der Waals surface area contributed by atoms with Crippen LogP contribution in [0.2, 0.25) is 0 Å². The van der Waals surface area contributed by atoms with Gasteiger partial charge in [-0.05, 0) is 44.2 Å². The summed E-state index contributed by atoms with van der Waals surface area (Å²) in [5.74, 6) is 0.223. The van der Waals surface area contributed by atoms with Gasteiger partial charge in [0, 0.05) is 23.5 Å². The van der Waals surface area contributed by atoms with Gasteiger partial charge in [0.05, 0.1) is 5.56 Å². The lowest BCUT2D eigenvalue weighted by Crippen LogP contribution is -2.42. The summed E-state index contributed by atoms with van der Waals surface area (Å²) in [5, 5.41) is 3.44. The van der Waals surface area contributed by atoms with Crippen molar-refractivity contribution in [1.29, 1.82) is 0 Å². The Labute approximate surface area is 130 Å². The Bertz CT molecular complexity index is 469. The first-order valence-corrected chi connectivity index (χ1v) is 8.20. The third kappa shape index (κ3) is 2.83. The van der Waals surface area contributed by atoms with Crippen LogP contribution in [0.3, 0.4) is 0 Å². The summed E-state index contributed by atoms with van der Waals surface area (Å²) in [6, 6.07) is 8.78. The fraction of sp³-hybridized carbons (Fsp3) is 0.533. The molecule has 2 saturated heterocycles. The Morgan fingerprint density at radius 2 is 2.00 bits per heavy atom. The van der Waals surface area contributed by atoms with Crippen LogP contribution in [0.15, 0.2) is 29.2 Å². The van der Waals surface area contributed by atoms with Gasteiger partial charge >= 0.3 is 0 Å². The molecule has 0 aromatic heterocycles. The van der Waals surface area contributed by atoms with E-state index in [-0.39, 0.29) is 18.3 Å². The van der Waals surface area contributed by atoms with Crippen LogP contribution in [-0.4, -0.2) is 42.2 Å². The van der Waals surface area contributed by atoms with E-state index < -0.39 is 0 Å². The minimum atomic E-state index is 0. The predicted molar refractivity (Wildman–Crippen MR) is 85.9 cm³/mol. The molecule has 0 radical (unpaired) electrons. The standard InChI is InChI=1S/C15H20N2OS.ClH/c1-19-14-5-3-2-4-13(14)15(18)17-11-6-7-12(17)10-16-9-8-11;/h2-5,11-12,16H,6-10H2,1H3;1H. The Balaban J connectivity index is 0.00000147. The van der Waals surface area contributed by atoms with E-state index in [1.54, 1.807) is 11.8 Å². The van der Waals surface area contributed by atoms with Gasteiger partial charge in [0.1, 0.15) is 0 Å². The van der Waals surface area contributed by atoms with Crippen molar-refractivity contribution in [3.05, 3.63) is 29.8 Å². The maximum Gasteiger partial charge on any atom is 0.255 e. The molecular formula is C15H21ClN2OS. The number of nitrogens with one attached hydrogen (secondary N) is 1. The molecule has 0 spiro atoms. The second-order valence-electron chi connectivity index (χ2n) is 5.29. The van der Waals surface area contributed by atoms with Crippen LogP contribution in [0.5, 0.6) is 0 Å². The highest BCUT2D eigenvalue weighted by Gasteiger charge is 2.38. The maximum atomic E-state index is 12.9. The molecule has 1 N–H and O–H groups in total. The topological polar surface area (TPSA) is 32.3 Å². The van der Waals surface area contributed by atoms with Gasteiger partial charge in [-0.2, -0.15) is 0 Å². The normalized spacial score (nSPS) is 24.9. The Kier molecular flexibility index (Phi) is 5.35. The summed E-state index contributed by atoms with van der Waals surface area (Å²) in [6.45, 7) is 1.98. The van der Waals surface area contributed by atoms with Crippen molar-refractivity contribution in [1.82, 2.24) is 10.2 Å². The van der Waals surface area contributed by atoms with E-state index in [1.807, 2.05) is 30.5 Å². The molecule has 2 unspecified atom stereocenters. The first-order chi connectivity index (χ1) is 9.31. The van der Waals surface area contributed by atoms with Gasteiger partial charge < -0.3 is 10.2 Å². The molecule has 5 heteroatoms. The zero-order chi connectivity index (χ0) is 13.2. The van der Waals surface area contributed by atoms with E-state index in [0.717, 1.165) is 36.4 Å². The highest BCUT2D eigenvalue weighted by atomic mass is 35.5. The zero-order valence-corrected chi connectivity index (χ0v) is 13.3. The van der Waals surface area contributed by atoms with Crippen molar-refractivity contribution in [2.45, 2.75) is 36.2 Å². The largest absolute Gasteiger partial charge is 0.331 e. The van der Waals surface area contributed by atoms with E-state index in [0.29, 0.717) is 12.1 Å². The van der Waals surface area contributed by atoms with E-state index >= 15 is 0 Å². The van der Waals surface area contributed by atoms with Crippen molar-refractivity contribution < 1.29 is 4.79 Å². The van der Waals surface area contributed by atoms with E-state index in [4.69, 9.17) is 0 Å². The molecule has 20 heavy (non-hydrogen) atoms.